The summed E-state index contributed by atoms with van der Waals surface area (Å²) in [5.74, 6) is 2.29. The molecule has 4 bridgehead atoms. The summed E-state index contributed by atoms with van der Waals surface area (Å²) in [5, 5.41) is 5.60. The highest BCUT2D eigenvalue weighted by Gasteiger charge is 2.47. The Bertz CT molecular complexity index is 736. The summed E-state index contributed by atoms with van der Waals surface area (Å²) in [6.45, 7) is 3.64. The van der Waals surface area contributed by atoms with Crippen molar-refractivity contribution in [3.8, 4) is 0 Å². The average molecular weight is 306 g/mol. The largest absolute Gasteiger partial charge is 0.349 e. The highest BCUT2D eigenvalue weighted by atomic mass is 16.1. The summed E-state index contributed by atoms with van der Waals surface area (Å²) >= 11 is 0. The van der Waals surface area contributed by atoms with Crippen molar-refractivity contribution in [2.45, 2.75) is 18.9 Å². The van der Waals surface area contributed by atoms with Gasteiger partial charge in [0.2, 0.25) is 0 Å². The number of nitrogens with one attached hydrogen (secondary N) is 1. The van der Waals surface area contributed by atoms with Crippen LogP contribution in [0.4, 0.5) is 0 Å². The Kier molecular flexibility index (Phi) is 2.99. The molecule has 3 heterocycles. The van der Waals surface area contributed by atoms with Gasteiger partial charge in [0.1, 0.15) is 0 Å². The van der Waals surface area contributed by atoms with E-state index in [0.29, 0.717) is 17.9 Å². The summed E-state index contributed by atoms with van der Waals surface area (Å²) in [5.41, 5.74) is 0.817. The lowest BCUT2D eigenvalue weighted by atomic mass is 9.65. The molecule has 2 atom stereocenters. The van der Waals surface area contributed by atoms with Crippen LogP contribution in [0.5, 0.6) is 0 Å². The first kappa shape index (κ1) is 13.6. The van der Waals surface area contributed by atoms with E-state index in [9.17, 15) is 4.79 Å². The number of benzene rings is 2. The van der Waals surface area contributed by atoms with Crippen molar-refractivity contribution in [3.63, 3.8) is 0 Å². The fraction of sp³-hybridized carbons (Fsp3) is 0.450. The lowest BCUT2D eigenvalue weighted by Gasteiger charge is -2.55. The zero-order valence-electron chi connectivity index (χ0n) is 13.2. The van der Waals surface area contributed by atoms with Gasteiger partial charge in [0, 0.05) is 31.2 Å². The highest BCUT2D eigenvalue weighted by Crippen LogP contribution is 2.43. The lowest BCUT2D eigenvalue weighted by molar-refractivity contribution is -0.0418. The molecular weight excluding hydrogens is 284 g/mol. The van der Waals surface area contributed by atoms with Crippen LogP contribution in [-0.2, 0) is 0 Å². The number of rotatable bonds is 2. The number of carbonyl (C=O) groups is 1. The molecule has 1 amide bonds. The summed E-state index contributed by atoms with van der Waals surface area (Å²) in [4.78, 5) is 15.5. The molecule has 4 fully saturated rings. The van der Waals surface area contributed by atoms with Gasteiger partial charge >= 0.3 is 0 Å². The van der Waals surface area contributed by atoms with Crippen LogP contribution in [0.3, 0.4) is 0 Å². The Morgan fingerprint density at radius 1 is 0.957 bits per heavy atom. The van der Waals surface area contributed by atoms with Crippen molar-refractivity contribution < 1.29 is 4.79 Å². The van der Waals surface area contributed by atoms with Gasteiger partial charge in [-0.1, -0.05) is 36.4 Å². The zero-order valence-corrected chi connectivity index (χ0v) is 13.2. The van der Waals surface area contributed by atoms with Gasteiger partial charge in [0.15, 0.2) is 0 Å². The summed E-state index contributed by atoms with van der Waals surface area (Å²) in [6.07, 6.45) is 2.60. The van der Waals surface area contributed by atoms with Crippen molar-refractivity contribution in [2.24, 2.45) is 17.8 Å². The molecule has 6 rings (SSSR count). The summed E-state index contributed by atoms with van der Waals surface area (Å²) in [7, 11) is 0. The predicted molar refractivity (Wildman–Crippen MR) is 91.3 cm³/mol. The molecule has 23 heavy (non-hydrogen) atoms. The highest BCUT2D eigenvalue weighted by molar-refractivity contribution is 6.07. The number of nitrogens with zero attached hydrogens (tertiary/aromatic N) is 1. The van der Waals surface area contributed by atoms with E-state index >= 15 is 0 Å². The second-order valence-corrected chi connectivity index (χ2v) is 7.60. The predicted octanol–water partition coefficient (Wildman–Crippen LogP) is 2.91. The van der Waals surface area contributed by atoms with Crippen LogP contribution >= 0.6 is 0 Å². The van der Waals surface area contributed by atoms with Crippen LogP contribution in [-0.4, -0.2) is 36.5 Å². The SMILES string of the molecule is O=C(NC1C2CC3CC1CN(C3)C2)c1cccc2ccccc12. The summed E-state index contributed by atoms with van der Waals surface area (Å²) in [6, 6.07) is 14.5. The molecule has 2 unspecified atom stereocenters. The van der Waals surface area contributed by atoms with E-state index in [4.69, 9.17) is 0 Å². The van der Waals surface area contributed by atoms with Crippen LogP contribution in [0.25, 0.3) is 10.8 Å². The molecule has 2 aromatic carbocycles. The maximum atomic E-state index is 12.9. The minimum atomic E-state index is 0.106. The first-order valence-corrected chi connectivity index (χ1v) is 8.79. The fourth-order valence-electron chi connectivity index (χ4n) is 5.30. The molecule has 2 aromatic rings. The van der Waals surface area contributed by atoms with Gasteiger partial charge in [-0.05, 0) is 47.4 Å². The van der Waals surface area contributed by atoms with Crippen molar-refractivity contribution in [1.82, 2.24) is 10.2 Å². The monoisotopic (exact) mass is 306 g/mol. The number of carbonyl (C=O) groups excluding carboxylic acids is 1. The van der Waals surface area contributed by atoms with Crippen LogP contribution < -0.4 is 5.32 Å². The second-order valence-electron chi connectivity index (χ2n) is 7.60. The molecule has 4 aliphatic rings. The first-order valence-electron chi connectivity index (χ1n) is 8.79. The fourth-order valence-corrected chi connectivity index (χ4v) is 5.30. The Balaban J connectivity index is 1.43. The average Bonchev–Trinajstić information content (AvgIpc) is 2.57. The third kappa shape index (κ3) is 2.18. The molecule has 3 saturated heterocycles. The minimum Gasteiger partial charge on any atom is -0.349 e. The quantitative estimate of drug-likeness (QED) is 0.925. The van der Waals surface area contributed by atoms with Crippen molar-refractivity contribution in [1.29, 1.82) is 0 Å². The minimum absolute atomic E-state index is 0.106. The first-order chi connectivity index (χ1) is 11.3. The van der Waals surface area contributed by atoms with E-state index in [0.717, 1.165) is 22.3 Å². The molecule has 3 heteroatoms. The third-order valence-electron chi connectivity index (χ3n) is 6.12. The van der Waals surface area contributed by atoms with Crippen LogP contribution in [0.1, 0.15) is 23.2 Å². The molecule has 1 N–H and O–H groups in total. The Labute approximate surface area is 136 Å². The summed E-state index contributed by atoms with van der Waals surface area (Å²) < 4.78 is 0. The van der Waals surface area contributed by atoms with Gasteiger partial charge in [0.05, 0.1) is 0 Å². The molecule has 0 aromatic heterocycles. The molecule has 0 radical (unpaired) electrons. The maximum Gasteiger partial charge on any atom is 0.252 e. The van der Waals surface area contributed by atoms with Gasteiger partial charge in [-0.15, -0.1) is 0 Å². The molecule has 1 aliphatic carbocycles. The van der Waals surface area contributed by atoms with Gasteiger partial charge in [-0.3, -0.25) is 4.79 Å². The van der Waals surface area contributed by atoms with Crippen molar-refractivity contribution >= 4 is 16.7 Å². The van der Waals surface area contributed by atoms with E-state index in [1.807, 2.05) is 30.3 Å². The zero-order chi connectivity index (χ0) is 15.4. The standard InChI is InChI=1S/C20H22N2O/c23-20(18-7-3-5-14-4-1-2-6-17(14)18)21-19-15-8-13-9-16(19)12-22(10-13)11-15/h1-7,13,15-16,19H,8-12H2,(H,21,23). The third-order valence-corrected chi connectivity index (χ3v) is 6.12. The number of piperidine rings is 3. The lowest BCUT2D eigenvalue weighted by Crippen LogP contribution is -2.64. The van der Waals surface area contributed by atoms with Gasteiger partial charge < -0.3 is 10.2 Å². The number of fused-ring (bicyclic) bond motifs is 1. The van der Waals surface area contributed by atoms with Gasteiger partial charge in [-0.25, -0.2) is 0 Å². The maximum absolute atomic E-state index is 12.9. The molecular formula is C20H22N2O. The van der Waals surface area contributed by atoms with E-state index in [-0.39, 0.29) is 5.91 Å². The number of hydrogen-bond donors (Lipinski definition) is 1. The van der Waals surface area contributed by atoms with E-state index in [1.54, 1.807) is 0 Å². The molecule has 1 saturated carbocycles. The Hall–Kier alpha value is -1.87. The molecule has 3 nitrogen and oxygen atoms in total. The van der Waals surface area contributed by atoms with Crippen molar-refractivity contribution in [3.05, 3.63) is 48.0 Å². The van der Waals surface area contributed by atoms with Crippen LogP contribution in [0, 0.1) is 17.8 Å². The van der Waals surface area contributed by atoms with Crippen LogP contribution in [0.15, 0.2) is 42.5 Å². The molecule has 0 spiro atoms. The van der Waals surface area contributed by atoms with Crippen LogP contribution in [0.2, 0.25) is 0 Å². The Morgan fingerprint density at radius 2 is 1.70 bits per heavy atom. The van der Waals surface area contributed by atoms with Gasteiger partial charge in [-0.2, -0.15) is 0 Å². The number of amides is 1. The van der Waals surface area contributed by atoms with E-state index in [1.165, 1.54) is 32.5 Å². The second kappa shape index (κ2) is 5.07. The molecule has 3 aliphatic heterocycles. The van der Waals surface area contributed by atoms with E-state index in [2.05, 4.69) is 22.3 Å². The topological polar surface area (TPSA) is 32.3 Å². The van der Waals surface area contributed by atoms with Crippen molar-refractivity contribution in [2.75, 3.05) is 19.6 Å². The molecule has 118 valence electrons. The van der Waals surface area contributed by atoms with E-state index < -0.39 is 0 Å². The Morgan fingerprint density at radius 3 is 2.48 bits per heavy atom. The smallest absolute Gasteiger partial charge is 0.252 e. The normalized spacial score (nSPS) is 34.7. The number of hydrogen-bond acceptors (Lipinski definition) is 2. The van der Waals surface area contributed by atoms with Gasteiger partial charge in [0.25, 0.3) is 5.91 Å².